The molecule has 0 spiro atoms. The smallest absolute Gasteiger partial charge is 0.337 e. The van der Waals surface area contributed by atoms with Crippen molar-refractivity contribution in [2.24, 2.45) is 0 Å². The lowest BCUT2D eigenvalue weighted by molar-refractivity contribution is 0.0600. The van der Waals surface area contributed by atoms with Crippen LogP contribution in [0.2, 0.25) is 0 Å². The van der Waals surface area contributed by atoms with Gasteiger partial charge >= 0.3 is 11.6 Å². The number of rotatable bonds is 3. The fourth-order valence-corrected chi connectivity index (χ4v) is 1.50. The number of esters is 1. The Hall–Kier alpha value is -2.89. The van der Waals surface area contributed by atoms with Gasteiger partial charge in [-0.1, -0.05) is 0 Å². The van der Waals surface area contributed by atoms with Crippen molar-refractivity contribution >= 4 is 17.6 Å². The normalized spacial score (nSPS) is 9.85. The summed E-state index contributed by atoms with van der Waals surface area (Å²) in [6.45, 7) is 0. The summed E-state index contributed by atoms with van der Waals surface area (Å²) in [5.74, 6) is -0.868. The fourth-order valence-electron chi connectivity index (χ4n) is 1.50. The van der Waals surface area contributed by atoms with E-state index in [1.807, 2.05) is 0 Å². The number of anilines is 1. The molecule has 1 heterocycles. The number of ether oxygens (including phenoxy) is 1. The molecule has 0 saturated heterocycles. The molecule has 1 amide bonds. The Kier molecular flexibility index (Phi) is 3.95. The lowest BCUT2D eigenvalue weighted by Gasteiger charge is -2.05. The lowest BCUT2D eigenvalue weighted by atomic mass is 10.2. The number of amides is 1. The van der Waals surface area contributed by atoms with Crippen LogP contribution in [0.15, 0.2) is 51.9 Å². The fraction of sp³-hybridized carbons (Fsp3) is 0.0714. The van der Waals surface area contributed by atoms with Crippen LogP contribution in [0, 0.1) is 0 Å². The third-order valence-electron chi connectivity index (χ3n) is 2.53. The number of benzene rings is 1. The van der Waals surface area contributed by atoms with Gasteiger partial charge in [-0.25, -0.2) is 9.59 Å². The van der Waals surface area contributed by atoms with Crippen LogP contribution >= 0.6 is 0 Å². The van der Waals surface area contributed by atoms with E-state index in [-0.39, 0.29) is 5.56 Å². The Bertz CT molecular complexity index is 667. The summed E-state index contributed by atoms with van der Waals surface area (Å²) in [6.07, 6.45) is 1.08. The third kappa shape index (κ3) is 3.11. The number of hydrogen-bond acceptors (Lipinski definition) is 5. The van der Waals surface area contributed by atoms with Crippen molar-refractivity contribution < 1.29 is 18.7 Å². The highest BCUT2D eigenvalue weighted by atomic mass is 16.5. The number of carbonyl (C=O) groups excluding carboxylic acids is 2. The molecule has 102 valence electrons. The average Bonchev–Trinajstić information content (AvgIpc) is 2.48. The molecule has 0 saturated carbocycles. The van der Waals surface area contributed by atoms with Crippen LogP contribution in [0.4, 0.5) is 5.69 Å². The molecule has 1 N–H and O–H groups in total. The highest BCUT2D eigenvalue weighted by Crippen LogP contribution is 2.11. The maximum absolute atomic E-state index is 11.8. The Morgan fingerprint density at radius 3 is 2.25 bits per heavy atom. The molecule has 0 aliphatic rings. The third-order valence-corrected chi connectivity index (χ3v) is 2.53. The van der Waals surface area contributed by atoms with Crippen LogP contribution in [0.3, 0.4) is 0 Å². The molecule has 1 aromatic carbocycles. The van der Waals surface area contributed by atoms with E-state index in [0.717, 1.165) is 12.3 Å². The van der Waals surface area contributed by atoms with E-state index in [4.69, 9.17) is 0 Å². The summed E-state index contributed by atoms with van der Waals surface area (Å²) in [4.78, 5) is 33.9. The Morgan fingerprint density at radius 1 is 1.05 bits per heavy atom. The maximum Gasteiger partial charge on any atom is 0.337 e. The number of methoxy groups -OCH3 is 1. The summed E-state index contributed by atoms with van der Waals surface area (Å²) < 4.78 is 9.17. The van der Waals surface area contributed by atoms with Crippen LogP contribution < -0.4 is 10.9 Å². The quantitative estimate of drug-likeness (QED) is 0.860. The molecule has 6 nitrogen and oxygen atoms in total. The van der Waals surface area contributed by atoms with Gasteiger partial charge in [0.1, 0.15) is 6.26 Å². The van der Waals surface area contributed by atoms with Crippen molar-refractivity contribution in [3.05, 3.63) is 64.2 Å². The number of hydrogen-bond donors (Lipinski definition) is 1. The second-order valence-corrected chi connectivity index (χ2v) is 3.87. The average molecular weight is 273 g/mol. The summed E-state index contributed by atoms with van der Waals surface area (Å²) in [5.41, 5.74) is 0.593. The van der Waals surface area contributed by atoms with E-state index in [2.05, 4.69) is 14.5 Å². The van der Waals surface area contributed by atoms with Gasteiger partial charge < -0.3 is 14.5 Å². The van der Waals surface area contributed by atoms with E-state index in [1.54, 1.807) is 12.1 Å². The predicted octanol–water partition coefficient (Wildman–Crippen LogP) is 1.68. The van der Waals surface area contributed by atoms with Crippen molar-refractivity contribution in [2.75, 3.05) is 12.4 Å². The lowest BCUT2D eigenvalue weighted by Crippen LogP contribution is -2.13. The molecule has 0 atom stereocenters. The summed E-state index contributed by atoms with van der Waals surface area (Å²) >= 11 is 0. The van der Waals surface area contributed by atoms with Gasteiger partial charge in [-0.15, -0.1) is 0 Å². The predicted molar refractivity (Wildman–Crippen MR) is 70.7 cm³/mol. The highest BCUT2D eigenvalue weighted by Gasteiger charge is 2.08. The van der Waals surface area contributed by atoms with Gasteiger partial charge in [0.25, 0.3) is 5.91 Å². The van der Waals surface area contributed by atoms with Crippen molar-refractivity contribution in [1.29, 1.82) is 0 Å². The van der Waals surface area contributed by atoms with Crippen LogP contribution in [-0.4, -0.2) is 19.0 Å². The first kappa shape index (κ1) is 13.5. The Labute approximate surface area is 114 Å². The molecule has 2 rings (SSSR count). The van der Waals surface area contributed by atoms with Crippen LogP contribution in [0.1, 0.15) is 20.7 Å². The molecular weight excluding hydrogens is 262 g/mol. The van der Waals surface area contributed by atoms with Crippen LogP contribution in [0.25, 0.3) is 0 Å². The SMILES string of the molecule is COC(=O)c1ccc(NC(=O)c2ccc(=O)oc2)cc1. The minimum Gasteiger partial charge on any atom is -0.465 e. The van der Waals surface area contributed by atoms with Crippen molar-refractivity contribution in [2.45, 2.75) is 0 Å². The van der Waals surface area contributed by atoms with Crippen LogP contribution in [-0.2, 0) is 4.74 Å². The molecule has 0 fully saturated rings. The van der Waals surface area contributed by atoms with E-state index >= 15 is 0 Å². The van der Waals surface area contributed by atoms with Gasteiger partial charge in [0.05, 0.1) is 18.2 Å². The molecule has 0 bridgehead atoms. The first-order valence-corrected chi connectivity index (χ1v) is 5.69. The monoisotopic (exact) mass is 273 g/mol. The van der Waals surface area contributed by atoms with E-state index in [0.29, 0.717) is 11.3 Å². The molecule has 0 aliphatic heterocycles. The minimum atomic E-state index is -0.524. The van der Waals surface area contributed by atoms with Gasteiger partial charge in [-0.2, -0.15) is 0 Å². The molecule has 20 heavy (non-hydrogen) atoms. The summed E-state index contributed by atoms with van der Waals surface area (Å²) in [6, 6.07) is 8.74. The van der Waals surface area contributed by atoms with E-state index < -0.39 is 17.5 Å². The molecular formula is C14H11NO5. The minimum absolute atomic E-state index is 0.224. The topological polar surface area (TPSA) is 85.6 Å². The molecule has 2 aromatic rings. The molecule has 6 heteroatoms. The zero-order valence-corrected chi connectivity index (χ0v) is 10.6. The first-order chi connectivity index (χ1) is 9.60. The zero-order chi connectivity index (χ0) is 14.5. The summed E-state index contributed by atoms with van der Waals surface area (Å²) in [7, 11) is 1.29. The highest BCUT2D eigenvalue weighted by molar-refractivity contribution is 6.04. The van der Waals surface area contributed by atoms with Gasteiger partial charge in [0.15, 0.2) is 0 Å². The summed E-state index contributed by atoms with van der Waals surface area (Å²) in [5, 5.41) is 2.61. The van der Waals surface area contributed by atoms with Gasteiger partial charge in [0.2, 0.25) is 0 Å². The first-order valence-electron chi connectivity index (χ1n) is 5.69. The Morgan fingerprint density at radius 2 is 1.70 bits per heavy atom. The zero-order valence-electron chi connectivity index (χ0n) is 10.6. The number of carbonyl (C=O) groups is 2. The second kappa shape index (κ2) is 5.83. The van der Waals surface area contributed by atoms with Gasteiger partial charge in [-0.3, -0.25) is 4.79 Å². The van der Waals surface area contributed by atoms with Gasteiger partial charge in [0, 0.05) is 11.8 Å². The van der Waals surface area contributed by atoms with Crippen LogP contribution in [0.5, 0.6) is 0 Å². The van der Waals surface area contributed by atoms with Crippen molar-refractivity contribution in [1.82, 2.24) is 0 Å². The van der Waals surface area contributed by atoms with E-state index in [9.17, 15) is 14.4 Å². The largest absolute Gasteiger partial charge is 0.465 e. The second-order valence-electron chi connectivity index (χ2n) is 3.87. The standard InChI is InChI=1S/C14H11NO5/c1-19-14(18)9-2-5-11(6-3-9)15-13(17)10-4-7-12(16)20-8-10/h2-8H,1H3,(H,15,17). The maximum atomic E-state index is 11.8. The van der Waals surface area contributed by atoms with Crippen molar-refractivity contribution in [3.8, 4) is 0 Å². The van der Waals surface area contributed by atoms with E-state index in [1.165, 1.54) is 25.3 Å². The van der Waals surface area contributed by atoms with Gasteiger partial charge in [-0.05, 0) is 30.3 Å². The molecule has 0 unspecified atom stereocenters. The number of nitrogens with one attached hydrogen (secondary N) is 1. The van der Waals surface area contributed by atoms with Crippen molar-refractivity contribution in [3.63, 3.8) is 0 Å². The Balaban J connectivity index is 2.10. The molecule has 0 aliphatic carbocycles. The molecule has 0 radical (unpaired) electrons. The molecule has 1 aromatic heterocycles.